The molecule has 3 rings (SSSR count). The van der Waals surface area contributed by atoms with E-state index in [2.05, 4.69) is 19.4 Å². The molecule has 13 heteroatoms. The summed E-state index contributed by atoms with van der Waals surface area (Å²) in [6.45, 7) is 1.54. The van der Waals surface area contributed by atoms with Crippen molar-refractivity contribution in [2.75, 3.05) is 4.72 Å². The van der Waals surface area contributed by atoms with Gasteiger partial charge in [0.2, 0.25) is 5.13 Å². The molecule has 0 saturated carbocycles. The molecule has 0 spiro atoms. The highest BCUT2D eigenvalue weighted by Gasteiger charge is 2.30. The van der Waals surface area contributed by atoms with Crippen LogP contribution in [0.1, 0.15) is 34.5 Å². The molecule has 0 aliphatic heterocycles. The summed E-state index contributed by atoms with van der Waals surface area (Å²) in [4.78, 5) is 15.4. The molecular formula is C18H14F4N4O3S2. The fourth-order valence-electron chi connectivity index (χ4n) is 2.57. The molecule has 0 bridgehead atoms. The quantitative estimate of drug-likeness (QED) is 0.526. The molecule has 31 heavy (non-hydrogen) atoms. The summed E-state index contributed by atoms with van der Waals surface area (Å²) >= 11 is 0.765. The molecule has 7 nitrogen and oxygen atoms in total. The summed E-state index contributed by atoms with van der Waals surface area (Å²) in [7, 11) is -4.28. The van der Waals surface area contributed by atoms with E-state index in [-0.39, 0.29) is 10.7 Å². The molecule has 0 radical (unpaired) electrons. The van der Waals surface area contributed by atoms with E-state index in [1.54, 1.807) is 6.92 Å². The Hall–Kier alpha value is -3.06. The fraction of sp³-hybridized carbons (Fsp3) is 0.167. The standard InChI is InChI=1S/C18H14F4N4O3S2/c1-10(11-2-5-13(6-3-11)18(20,21)22)25-16(27)12-4-7-15(14(19)8-12)31(28,29)26-17-23-9-24-30-17/h2-10H,1H3,(H,25,27)(H,23,24,26). The highest BCUT2D eigenvalue weighted by Crippen LogP contribution is 2.30. The number of benzene rings is 2. The smallest absolute Gasteiger partial charge is 0.346 e. The van der Waals surface area contributed by atoms with E-state index in [0.717, 1.165) is 48.2 Å². The van der Waals surface area contributed by atoms with Crippen LogP contribution in [-0.2, 0) is 16.2 Å². The van der Waals surface area contributed by atoms with E-state index in [0.29, 0.717) is 5.56 Å². The molecule has 0 aliphatic carbocycles. The van der Waals surface area contributed by atoms with Crippen molar-refractivity contribution >= 4 is 32.6 Å². The van der Waals surface area contributed by atoms with Gasteiger partial charge in [-0.25, -0.2) is 17.8 Å². The summed E-state index contributed by atoms with van der Waals surface area (Å²) in [5.41, 5.74) is -0.579. The Bertz CT molecular complexity index is 1180. The predicted octanol–water partition coefficient (Wildman–Crippen LogP) is 3.99. The highest BCUT2D eigenvalue weighted by atomic mass is 32.2. The molecule has 1 amide bonds. The minimum atomic E-state index is -4.48. The van der Waals surface area contributed by atoms with Gasteiger partial charge in [0.1, 0.15) is 17.0 Å². The van der Waals surface area contributed by atoms with Gasteiger partial charge in [0.25, 0.3) is 15.9 Å². The number of hydrogen-bond acceptors (Lipinski definition) is 6. The summed E-state index contributed by atoms with van der Waals surface area (Å²) in [5.74, 6) is -1.89. The van der Waals surface area contributed by atoms with Gasteiger partial charge in [-0.15, -0.1) is 0 Å². The molecule has 0 fully saturated rings. The molecule has 164 valence electrons. The zero-order valence-corrected chi connectivity index (χ0v) is 17.3. The highest BCUT2D eigenvalue weighted by molar-refractivity contribution is 7.93. The molecule has 3 aromatic rings. The normalized spacial score (nSPS) is 12.9. The second kappa shape index (κ2) is 8.59. The van der Waals surface area contributed by atoms with Crippen molar-refractivity contribution in [1.82, 2.24) is 14.7 Å². The van der Waals surface area contributed by atoms with E-state index in [9.17, 15) is 30.8 Å². The Balaban J connectivity index is 1.73. The molecule has 1 unspecified atom stereocenters. The van der Waals surface area contributed by atoms with Gasteiger partial charge in [-0.2, -0.15) is 17.5 Å². The van der Waals surface area contributed by atoms with Crippen LogP contribution in [-0.4, -0.2) is 23.7 Å². The lowest BCUT2D eigenvalue weighted by Gasteiger charge is -2.16. The maximum absolute atomic E-state index is 14.4. The lowest BCUT2D eigenvalue weighted by molar-refractivity contribution is -0.137. The average molecular weight is 474 g/mol. The molecule has 0 saturated heterocycles. The van der Waals surface area contributed by atoms with Crippen LogP contribution in [0.5, 0.6) is 0 Å². The van der Waals surface area contributed by atoms with E-state index < -0.39 is 44.4 Å². The zero-order chi connectivity index (χ0) is 22.8. The monoisotopic (exact) mass is 474 g/mol. The Morgan fingerprint density at radius 3 is 2.35 bits per heavy atom. The third-order valence-corrected chi connectivity index (χ3v) is 6.23. The second-order valence-corrected chi connectivity index (χ2v) is 8.74. The molecule has 1 atom stereocenters. The van der Waals surface area contributed by atoms with Gasteiger partial charge in [0, 0.05) is 17.1 Å². The second-order valence-electron chi connectivity index (χ2n) is 6.31. The van der Waals surface area contributed by atoms with Gasteiger partial charge in [-0.05, 0) is 42.8 Å². The largest absolute Gasteiger partial charge is 0.416 e. The van der Waals surface area contributed by atoms with Crippen molar-refractivity contribution in [3.05, 3.63) is 71.3 Å². The number of aromatic nitrogens is 2. The van der Waals surface area contributed by atoms with Crippen molar-refractivity contribution in [3.8, 4) is 0 Å². The van der Waals surface area contributed by atoms with Crippen LogP contribution >= 0.6 is 11.5 Å². The third kappa shape index (κ3) is 5.35. The first-order chi connectivity index (χ1) is 14.5. The topological polar surface area (TPSA) is 101 Å². The average Bonchev–Trinajstić information content (AvgIpc) is 3.19. The predicted molar refractivity (Wildman–Crippen MR) is 104 cm³/mol. The number of carbonyl (C=O) groups excluding carboxylic acids is 1. The third-order valence-electron chi connectivity index (χ3n) is 4.15. The minimum absolute atomic E-state index is 0.0495. The fourth-order valence-corrected chi connectivity index (χ4v) is 4.29. The number of rotatable bonds is 6. The summed E-state index contributed by atoms with van der Waals surface area (Å²) < 4.78 is 82.6. The van der Waals surface area contributed by atoms with Gasteiger partial charge in [-0.1, -0.05) is 12.1 Å². The van der Waals surface area contributed by atoms with Crippen LogP contribution in [0.15, 0.2) is 53.7 Å². The number of hydrogen-bond donors (Lipinski definition) is 2. The van der Waals surface area contributed by atoms with E-state index in [1.165, 1.54) is 12.1 Å². The molecule has 1 aromatic heterocycles. The van der Waals surface area contributed by atoms with Crippen LogP contribution in [0, 0.1) is 5.82 Å². The number of halogens is 4. The van der Waals surface area contributed by atoms with Gasteiger partial charge < -0.3 is 5.32 Å². The van der Waals surface area contributed by atoms with Crippen molar-refractivity contribution in [3.63, 3.8) is 0 Å². The van der Waals surface area contributed by atoms with Crippen molar-refractivity contribution < 1.29 is 30.8 Å². The van der Waals surface area contributed by atoms with Crippen LogP contribution < -0.4 is 10.0 Å². The van der Waals surface area contributed by atoms with Crippen LogP contribution in [0.2, 0.25) is 0 Å². The molecule has 0 aliphatic rings. The first-order valence-electron chi connectivity index (χ1n) is 8.54. The van der Waals surface area contributed by atoms with Crippen molar-refractivity contribution in [1.29, 1.82) is 0 Å². The lowest BCUT2D eigenvalue weighted by atomic mass is 10.1. The van der Waals surface area contributed by atoms with Crippen LogP contribution in [0.3, 0.4) is 0 Å². The number of nitrogens with zero attached hydrogens (tertiary/aromatic N) is 2. The van der Waals surface area contributed by atoms with Gasteiger partial charge in [-0.3, -0.25) is 9.52 Å². The molecule has 2 N–H and O–H groups in total. The summed E-state index contributed by atoms with van der Waals surface area (Å²) in [6, 6.07) is 6.35. The Morgan fingerprint density at radius 2 is 1.81 bits per heavy atom. The maximum atomic E-state index is 14.4. The number of carbonyl (C=O) groups is 1. The van der Waals surface area contributed by atoms with Crippen LogP contribution in [0.4, 0.5) is 22.7 Å². The van der Waals surface area contributed by atoms with E-state index in [4.69, 9.17) is 0 Å². The Kier molecular flexibility index (Phi) is 6.27. The van der Waals surface area contributed by atoms with Gasteiger partial charge in [0.05, 0.1) is 11.6 Å². The first kappa shape index (κ1) is 22.6. The Labute approximate surface area is 178 Å². The van der Waals surface area contributed by atoms with Crippen molar-refractivity contribution in [2.24, 2.45) is 0 Å². The maximum Gasteiger partial charge on any atom is 0.416 e. The number of nitrogens with one attached hydrogen (secondary N) is 2. The number of sulfonamides is 1. The Morgan fingerprint density at radius 1 is 1.13 bits per heavy atom. The first-order valence-corrected chi connectivity index (χ1v) is 10.8. The number of amides is 1. The van der Waals surface area contributed by atoms with Gasteiger partial charge in [0.15, 0.2) is 0 Å². The molecule has 1 heterocycles. The van der Waals surface area contributed by atoms with E-state index in [1.807, 2.05) is 0 Å². The van der Waals surface area contributed by atoms with Crippen LogP contribution in [0.25, 0.3) is 0 Å². The van der Waals surface area contributed by atoms with Crippen molar-refractivity contribution in [2.45, 2.75) is 24.0 Å². The molecule has 2 aromatic carbocycles. The summed E-state index contributed by atoms with van der Waals surface area (Å²) in [5, 5.41) is 2.47. The zero-order valence-electron chi connectivity index (χ0n) is 15.6. The number of anilines is 1. The number of alkyl halides is 3. The minimum Gasteiger partial charge on any atom is -0.346 e. The molecular weight excluding hydrogens is 460 g/mol. The summed E-state index contributed by atoms with van der Waals surface area (Å²) in [6.07, 6.45) is -3.35. The SMILES string of the molecule is CC(NC(=O)c1ccc(S(=O)(=O)Nc2ncns2)c(F)c1)c1ccc(C(F)(F)F)cc1. The van der Waals surface area contributed by atoms with E-state index >= 15 is 0 Å². The van der Waals surface area contributed by atoms with Gasteiger partial charge >= 0.3 is 6.18 Å². The lowest BCUT2D eigenvalue weighted by Crippen LogP contribution is -2.27.